The first-order valence-corrected chi connectivity index (χ1v) is 7.28. The lowest BCUT2D eigenvalue weighted by Crippen LogP contribution is -2.33. The average Bonchev–Trinajstić information content (AvgIpc) is 2.96. The number of nitrogens with zero attached hydrogens (tertiary/aromatic N) is 1. The van der Waals surface area contributed by atoms with Crippen molar-refractivity contribution in [3.8, 4) is 0 Å². The van der Waals surface area contributed by atoms with Crippen molar-refractivity contribution in [2.75, 3.05) is 6.61 Å². The van der Waals surface area contributed by atoms with E-state index in [1.165, 1.54) is 18.3 Å². The van der Waals surface area contributed by atoms with Crippen LogP contribution in [0, 0.1) is 0 Å². The fourth-order valence-electron chi connectivity index (χ4n) is 2.33. The number of carbonyl (C=O) groups is 2. The molecule has 1 aliphatic rings. The SMILES string of the molecule is CCOC(=O)c1nc(C2(N)CCCC2)sc1C(C)=O. The summed E-state index contributed by atoms with van der Waals surface area (Å²) in [7, 11) is 0. The van der Waals surface area contributed by atoms with Gasteiger partial charge in [0.15, 0.2) is 11.5 Å². The van der Waals surface area contributed by atoms with Crippen LogP contribution in [0.25, 0.3) is 0 Å². The molecule has 5 nitrogen and oxygen atoms in total. The summed E-state index contributed by atoms with van der Waals surface area (Å²) in [5.41, 5.74) is 5.95. The molecule has 19 heavy (non-hydrogen) atoms. The van der Waals surface area contributed by atoms with Gasteiger partial charge < -0.3 is 10.5 Å². The number of aromatic nitrogens is 1. The van der Waals surface area contributed by atoms with Crippen molar-refractivity contribution < 1.29 is 14.3 Å². The first kappa shape index (κ1) is 14.1. The molecule has 0 atom stereocenters. The van der Waals surface area contributed by atoms with E-state index in [1.54, 1.807) is 6.92 Å². The maximum Gasteiger partial charge on any atom is 0.358 e. The fraction of sp³-hybridized carbons (Fsp3) is 0.615. The van der Waals surface area contributed by atoms with Crippen LogP contribution in [-0.4, -0.2) is 23.3 Å². The Kier molecular flexibility index (Phi) is 4.01. The van der Waals surface area contributed by atoms with Crippen LogP contribution >= 0.6 is 11.3 Å². The number of hydrogen-bond donors (Lipinski definition) is 1. The quantitative estimate of drug-likeness (QED) is 0.676. The molecule has 6 heteroatoms. The van der Waals surface area contributed by atoms with Crippen molar-refractivity contribution in [3.63, 3.8) is 0 Å². The smallest absolute Gasteiger partial charge is 0.358 e. The third-order valence-electron chi connectivity index (χ3n) is 3.34. The molecule has 0 radical (unpaired) electrons. The molecule has 0 saturated heterocycles. The Balaban J connectivity index is 2.40. The molecule has 1 fully saturated rings. The highest BCUT2D eigenvalue weighted by Crippen LogP contribution is 2.39. The standard InChI is InChI=1S/C13H18N2O3S/c1-3-18-11(17)9-10(8(2)16)19-12(15-9)13(14)6-4-5-7-13/h3-7,14H2,1-2H3. The number of thiazole rings is 1. The van der Waals surface area contributed by atoms with E-state index in [9.17, 15) is 9.59 Å². The summed E-state index contributed by atoms with van der Waals surface area (Å²) in [5.74, 6) is -0.717. The van der Waals surface area contributed by atoms with E-state index in [0.717, 1.165) is 25.7 Å². The topological polar surface area (TPSA) is 82.3 Å². The lowest BCUT2D eigenvalue weighted by atomic mass is 10.0. The number of rotatable bonds is 4. The van der Waals surface area contributed by atoms with Gasteiger partial charge in [0, 0.05) is 6.92 Å². The summed E-state index contributed by atoms with van der Waals surface area (Å²) in [6.07, 6.45) is 3.81. The third kappa shape index (κ3) is 2.69. The van der Waals surface area contributed by atoms with Gasteiger partial charge in [-0.15, -0.1) is 11.3 Å². The van der Waals surface area contributed by atoms with Crippen LogP contribution in [0.15, 0.2) is 0 Å². The zero-order valence-corrected chi connectivity index (χ0v) is 12.0. The molecule has 0 aromatic carbocycles. The number of hydrogen-bond acceptors (Lipinski definition) is 6. The second-order valence-corrected chi connectivity index (χ2v) is 5.84. The summed E-state index contributed by atoms with van der Waals surface area (Å²) in [6, 6.07) is 0. The molecular formula is C13H18N2O3S. The Bertz CT molecular complexity index is 504. The molecule has 1 aliphatic carbocycles. The van der Waals surface area contributed by atoms with Gasteiger partial charge in [0.25, 0.3) is 0 Å². The second kappa shape index (κ2) is 5.38. The number of ketones is 1. The largest absolute Gasteiger partial charge is 0.461 e. The summed E-state index contributed by atoms with van der Waals surface area (Å²) in [4.78, 5) is 28.1. The zero-order valence-electron chi connectivity index (χ0n) is 11.2. The molecule has 2 rings (SSSR count). The number of carbonyl (C=O) groups excluding carboxylic acids is 2. The van der Waals surface area contributed by atoms with Gasteiger partial charge in [-0.05, 0) is 19.8 Å². The van der Waals surface area contributed by atoms with Crippen molar-refractivity contribution in [1.29, 1.82) is 0 Å². The van der Waals surface area contributed by atoms with Crippen molar-refractivity contribution in [3.05, 3.63) is 15.6 Å². The molecule has 1 aromatic heterocycles. The molecule has 0 bridgehead atoms. The molecule has 1 saturated carbocycles. The van der Waals surface area contributed by atoms with Gasteiger partial charge in [0.05, 0.1) is 12.1 Å². The number of Topliss-reactive ketones (excluding diaryl/α,β-unsaturated/α-hetero) is 1. The molecule has 1 aromatic rings. The van der Waals surface area contributed by atoms with Gasteiger partial charge in [-0.2, -0.15) is 0 Å². The summed E-state index contributed by atoms with van der Waals surface area (Å²) in [6.45, 7) is 3.41. The predicted octanol–water partition coefficient (Wildman–Crippen LogP) is 2.25. The van der Waals surface area contributed by atoms with E-state index >= 15 is 0 Å². The Morgan fingerprint density at radius 1 is 1.42 bits per heavy atom. The molecule has 0 spiro atoms. The van der Waals surface area contributed by atoms with Crippen LogP contribution in [0.1, 0.15) is 64.7 Å². The first-order valence-electron chi connectivity index (χ1n) is 6.46. The van der Waals surface area contributed by atoms with Crippen LogP contribution in [-0.2, 0) is 10.3 Å². The molecule has 0 aliphatic heterocycles. The van der Waals surface area contributed by atoms with Gasteiger partial charge >= 0.3 is 5.97 Å². The monoisotopic (exact) mass is 282 g/mol. The van der Waals surface area contributed by atoms with Gasteiger partial charge in [0.1, 0.15) is 9.88 Å². The van der Waals surface area contributed by atoms with Crippen LogP contribution in [0.4, 0.5) is 0 Å². The highest BCUT2D eigenvalue weighted by Gasteiger charge is 2.36. The first-order chi connectivity index (χ1) is 8.98. The van der Waals surface area contributed by atoms with Crippen LogP contribution in [0.2, 0.25) is 0 Å². The van der Waals surface area contributed by atoms with E-state index < -0.39 is 11.5 Å². The average molecular weight is 282 g/mol. The van der Waals surface area contributed by atoms with E-state index in [4.69, 9.17) is 10.5 Å². The van der Waals surface area contributed by atoms with Crippen molar-refractivity contribution in [2.24, 2.45) is 5.73 Å². The Morgan fingerprint density at radius 2 is 2.05 bits per heavy atom. The summed E-state index contributed by atoms with van der Waals surface area (Å²) in [5, 5.41) is 0.679. The van der Waals surface area contributed by atoms with Gasteiger partial charge in [-0.1, -0.05) is 12.8 Å². The molecule has 0 amide bonds. The minimum Gasteiger partial charge on any atom is -0.461 e. The lowest BCUT2D eigenvalue weighted by molar-refractivity contribution is 0.0517. The van der Waals surface area contributed by atoms with Crippen LogP contribution in [0.3, 0.4) is 0 Å². The molecule has 1 heterocycles. The highest BCUT2D eigenvalue weighted by atomic mass is 32.1. The summed E-state index contributed by atoms with van der Waals surface area (Å²) >= 11 is 1.23. The highest BCUT2D eigenvalue weighted by molar-refractivity contribution is 7.14. The third-order valence-corrected chi connectivity index (χ3v) is 4.71. The minimum absolute atomic E-state index is 0.117. The molecule has 2 N–H and O–H groups in total. The number of ether oxygens (including phenoxy) is 1. The number of esters is 1. The van der Waals surface area contributed by atoms with E-state index in [1.807, 2.05) is 0 Å². The Hall–Kier alpha value is -1.27. The van der Waals surface area contributed by atoms with Crippen molar-refractivity contribution >= 4 is 23.1 Å². The van der Waals surface area contributed by atoms with E-state index in [-0.39, 0.29) is 18.1 Å². The zero-order chi connectivity index (χ0) is 14.0. The van der Waals surface area contributed by atoms with Gasteiger partial charge in [-0.25, -0.2) is 9.78 Å². The van der Waals surface area contributed by atoms with Gasteiger partial charge in [-0.3, -0.25) is 4.79 Å². The fourth-order valence-corrected chi connectivity index (χ4v) is 3.44. The van der Waals surface area contributed by atoms with Gasteiger partial charge in [0.2, 0.25) is 0 Å². The number of nitrogens with two attached hydrogens (primary N) is 1. The molecule has 104 valence electrons. The normalized spacial score (nSPS) is 17.4. The predicted molar refractivity (Wildman–Crippen MR) is 72.4 cm³/mol. The van der Waals surface area contributed by atoms with Crippen LogP contribution < -0.4 is 5.73 Å². The van der Waals surface area contributed by atoms with Crippen molar-refractivity contribution in [2.45, 2.75) is 45.1 Å². The minimum atomic E-state index is -0.545. The van der Waals surface area contributed by atoms with Crippen LogP contribution in [0.5, 0.6) is 0 Å². The van der Waals surface area contributed by atoms with E-state index in [0.29, 0.717) is 9.88 Å². The Morgan fingerprint density at radius 3 is 2.58 bits per heavy atom. The lowest BCUT2D eigenvalue weighted by Gasteiger charge is -2.19. The maximum atomic E-state index is 11.8. The Labute approximate surface area is 116 Å². The maximum absolute atomic E-state index is 11.8. The van der Waals surface area contributed by atoms with E-state index in [2.05, 4.69) is 4.98 Å². The summed E-state index contributed by atoms with van der Waals surface area (Å²) < 4.78 is 4.94. The van der Waals surface area contributed by atoms with Crippen molar-refractivity contribution in [1.82, 2.24) is 4.98 Å². The second-order valence-electron chi connectivity index (χ2n) is 4.84. The molecular weight excluding hydrogens is 264 g/mol. The molecule has 0 unspecified atom stereocenters.